The van der Waals surface area contributed by atoms with Gasteiger partial charge in [-0.1, -0.05) is 25.1 Å². The molecular formula is C34H38O8. The van der Waals surface area contributed by atoms with E-state index in [0.29, 0.717) is 32.8 Å². The van der Waals surface area contributed by atoms with Gasteiger partial charge in [0.05, 0.1) is 19.8 Å². The second kappa shape index (κ2) is 12.1. The first kappa shape index (κ1) is 27.5. The lowest BCUT2D eigenvalue weighted by atomic mass is 9.80. The Hall–Kier alpha value is -3.30. The van der Waals surface area contributed by atoms with E-state index in [2.05, 4.69) is 43.3 Å². The van der Waals surface area contributed by atoms with E-state index in [9.17, 15) is 0 Å². The Kier molecular flexibility index (Phi) is 7.95. The van der Waals surface area contributed by atoms with Crippen molar-refractivity contribution in [1.82, 2.24) is 0 Å². The summed E-state index contributed by atoms with van der Waals surface area (Å²) in [4.78, 5) is 0. The SMILES string of the molecule is CCOCOc1ccc2ccc(OCC3CO3)cc2c1CC1=C(OCC2CO2)C(C)Cc2ccc(OCC3CO3)cc21. The zero-order valence-electron chi connectivity index (χ0n) is 24.3. The topological polar surface area (TPSA) is 83.7 Å². The summed E-state index contributed by atoms with van der Waals surface area (Å²) in [5.74, 6) is 3.66. The lowest BCUT2D eigenvalue weighted by Crippen LogP contribution is -2.19. The zero-order chi connectivity index (χ0) is 28.5. The predicted molar refractivity (Wildman–Crippen MR) is 157 cm³/mol. The molecule has 222 valence electrons. The minimum atomic E-state index is 0.165. The third-order valence-corrected chi connectivity index (χ3v) is 8.10. The van der Waals surface area contributed by atoms with Crippen molar-refractivity contribution in [2.75, 3.05) is 53.0 Å². The highest BCUT2D eigenvalue weighted by atomic mass is 16.7. The molecule has 0 aromatic heterocycles. The molecule has 3 aliphatic heterocycles. The zero-order valence-corrected chi connectivity index (χ0v) is 24.3. The maximum atomic E-state index is 6.54. The smallest absolute Gasteiger partial charge is 0.189 e. The van der Waals surface area contributed by atoms with Crippen molar-refractivity contribution in [3.63, 3.8) is 0 Å². The van der Waals surface area contributed by atoms with E-state index >= 15 is 0 Å². The summed E-state index contributed by atoms with van der Waals surface area (Å²) in [7, 11) is 0. The quantitative estimate of drug-likeness (QED) is 0.137. The number of epoxide rings is 3. The van der Waals surface area contributed by atoms with Gasteiger partial charge in [-0.2, -0.15) is 0 Å². The van der Waals surface area contributed by atoms with Crippen molar-refractivity contribution in [1.29, 1.82) is 0 Å². The standard InChI is InChI=1S/C34H38O8/c1-3-35-20-42-33-9-6-22-4-7-24(36-14-26-16-38-26)11-29(22)31(33)13-32-30-12-25(37-15-27-17-39-27)8-5-23(30)10-21(2)34(32)41-19-28-18-40-28/h4-9,11-12,21,26-28H,3,10,13-20H2,1-2H3. The average molecular weight is 575 g/mol. The Morgan fingerprint density at radius 3 is 2.10 bits per heavy atom. The van der Waals surface area contributed by atoms with Crippen molar-refractivity contribution in [2.45, 2.75) is 45.0 Å². The number of hydrogen-bond acceptors (Lipinski definition) is 8. The fourth-order valence-electron chi connectivity index (χ4n) is 5.54. The lowest BCUT2D eigenvalue weighted by Gasteiger charge is -2.29. The molecule has 7 rings (SSSR count). The number of fused-ring (bicyclic) bond motifs is 2. The van der Waals surface area contributed by atoms with E-state index in [0.717, 1.165) is 76.7 Å². The van der Waals surface area contributed by atoms with Gasteiger partial charge in [0, 0.05) is 30.1 Å². The predicted octanol–water partition coefficient (Wildman–Crippen LogP) is 5.33. The first-order valence-electron chi connectivity index (χ1n) is 15.0. The van der Waals surface area contributed by atoms with E-state index in [1.54, 1.807) is 0 Å². The highest BCUT2D eigenvalue weighted by Crippen LogP contribution is 2.42. The molecule has 4 atom stereocenters. The fourth-order valence-corrected chi connectivity index (χ4v) is 5.54. The molecule has 3 aromatic carbocycles. The van der Waals surface area contributed by atoms with Crippen LogP contribution in [0.2, 0.25) is 0 Å². The number of rotatable bonds is 15. The van der Waals surface area contributed by atoms with Crippen molar-refractivity contribution in [3.05, 3.63) is 71.0 Å². The summed E-state index contributed by atoms with van der Waals surface area (Å²) < 4.78 is 46.8. The molecule has 1 aliphatic carbocycles. The molecule has 0 N–H and O–H groups in total. The number of allylic oxidation sites excluding steroid dienone is 2. The van der Waals surface area contributed by atoms with Gasteiger partial charge in [-0.15, -0.1) is 0 Å². The van der Waals surface area contributed by atoms with Crippen LogP contribution in [0.3, 0.4) is 0 Å². The summed E-state index contributed by atoms with van der Waals surface area (Å²) >= 11 is 0. The molecule has 3 aromatic rings. The second-order valence-corrected chi connectivity index (χ2v) is 11.4. The first-order chi connectivity index (χ1) is 20.6. The molecule has 4 unspecified atom stereocenters. The molecule has 8 heteroatoms. The number of benzene rings is 3. The summed E-state index contributed by atoms with van der Waals surface area (Å²) in [5.41, 5.74) is 4.65. The van der Waals surface area contributed by atoms with E-state index in [4.69, 9.17) is 37.9 Å². The molecule has 4 aliphatic rings. The minimum Gasteiger partial charge on any atom is -0.495 e. The van der Waals surface area contributed by atoms with Crippen molar-refractivity contribution >= 4 is 16.3 Å². The molecule has 0 saturated carbocycles. The molecule has 3 heterocycles. The molecule has 0 bridgehead atoms. The average Bonchev–Trinajstić information content (AvgIpc) is 3.85. The van der Waals surface area contributed by atoms with Gasteiger partial charge in [-0.3, -0.25) is 0 Å². The third-order valence-electron chi connectivity index (χ3n) is 8.10. The summed E-state index contributed by atoms with van der Waals surface area (Å²) in [6, 6.07) is 16.8. The minimum absolute atomic E-state index is 0.165. The second-order valence-electron chi connectivity index (χ2n) is 11.4. The Morgan fingerprint density at radius 2 is 1.40 bits per heavy atom. The third kappa shape index (κ3) is 6.52. The Morgan fingerprint density at radius 1 is 0.762 bits per heavy atom. The molecule has 0 spiro atoms. The van der Waals surface area contributed by atoms with Crippen LogP contribution in [0.4, 0.5) is 0 Å². The van der Waals surface area contributed by atoms with Crippen LogP contribution in [0.5, 0.6) is 17.2 Å². The largest absolute Gasteiger partial charge is 0.495 e. The van der Waals surface area contributed by atoms with Crippen LogP contribution in [0.1, 0.15) is 30.5 Å². The molecule has 0 amide bonds. The Bertz CT molecular complexity index is 1450. The van der Waals surface area contributed by atoms with E-state index < -0.39 is 0 Å². The fraction of sp³-hybridized carbons (Fsp3) is 0.471. The molecule has 3 saturated heterocycles. The van der Waals surface area contributed by atoms with Gasteiger partial charge in [0.2, 0.25) is 0 Å². The van der Waals surface area contributed by atoms with Gasteiger partial charge >= 0.3 is 0 Å². The maximum absolute atomic E-state index is 6.54. The normalized spacial score (nSPS) is 23.9. The van der Waals surface area contributed by atoms with E-state index in [1.165, 1.54) is 5.56 Å². The Balaban J connectivity index is 1.29. The van der Waals surface area contributed by atoms with Crippen LogP contribution in [0.25, 0.3) is 16.3 Å². The molecular weight excluding hydrogens is 536 g/mol. The molecule has 3 fully saturated rings. The van der Waals surface area contributed by atoms with Crippen molar-refractivity contribution < 1.29 is 37.9 Å². The molecule has 0 radical (unpaired) electrons. The monoisotopic (exact) mass is 574 g/mol. The van der Waals surface area contributed by atoms with Gasteiger partial charge in [0.1, 0.15) is 61.1 Å². The van der Waals surface area contributed by atoms with Crippen molar-refractivity contribution in [2.24, 2.45) is 5.92 Å². The van der Waals surface area contributed by atoms with Gasteiger partial charge < -0.3 is 37.9 Å². The summed E-state index contributed by atoms with van der Waals surface area (Å²) in [6.07, 6.45) is 2.05. The number of ether oxygens (including phenoxy) is 8. The van der Waals surface area contributed by atoms with Crippen LogP contribution in [-0.4, -0.2) is 71.4 Å². The van der Waals surface area contributed by atoms with Crippen LogP contribution in [-0.2, 0) is 36.5 Å². The highest BCUT2D eigenvalue weighted by molar-refractivity contribution is 5.91. The van der Waals surface area contributed by atoms with Crippen LogP contribution in [0, 0.1) is 5.92 Å². The maximum Gasteiger partial charge on any atom is 0.189 e. The first-order valence-corrected chi connectivity index (χ1v) is 15.0. The van der Waals surface area contributed by atoms with Crippen LogP contribution >= 0.6 is 0 Å². The lowest BCUT2D eigenvalue weighted by molar-refractivity contribution is 0.0220. The van der Waals surface area contributed by atoms with Crippen molar-refractivity contribution in [3.8, 4) is 17.2 Å². The van der Waals surface area contributed by atoms with Gasteiger partial charge in [-0.25, -0.2) is 0 Å². The van der Waals surface area contributed by atoms with E-state index in [1.807, 2.05) is 19.1 Å². The highest BCUT2D eigenvalue weighted by Gasteiger charge is 2.31. The van der Waals surface area contributed by atoms with E-state index in [-0.39, 0.29) is 31.0 Å². The summed E-state index contributed by atoms with van der Waals surface area (Å²) in [6.45, 7) is 8.90. The molecule has 8 nitrogen and oxygen atoms in total. The molecule has 42 heavy (non-hydrogen) atoms. The van der Waals surface area contributed by atoms with Gasteiger partial charge in [0.15, 0.2) is 6.79 Å². The van der Waals surface area contributed by atoms with Crippen LogP contribution < -0.4 is 14.2 Å². The summed E-state index contributed by atoms with van der Waals surface area (Å²) in [5, 5.41) is 2.19. The Labute approximate surface area is 246 Å². The van der Waals surface area contributed by atoms with Crippen LogP contribution in [0.15, 0.2) is 54.3 Å². The van der Waals surface area contributed by atoms with Gasteiger partial charge in [0.25, 0.3) is 0 Å². The number of hydrogen-bond donors (Lipinski definition) is 0. The van der Waals surface area contributed by atoms with Gasteiger partial charge in [-0.05, 0) is 65.6 Å².